The van der Waals surface area contributed by atoms with Crippen LogP contribution in [0.3, 0.4) is 0 Å². The van der Waals surface area contributed by atoms with Gasteiger partial charge in [0.05, 0.1) is 0 Å². The van der Waals surface area contributed by atoms with E-state index >= 15 is 0 Å². The highest BCUT2D eigenvalue weighted by Gasteiger charge is 2.13. The van der Waals surface area contributed by atoms with Gasteiger partial charge in [-0.15, -0.1) is 0 Å². The molecule has 5 aromatic rings. The predicted octanol–water partition coefficient (Wildman–Crippen LogP) is 6.40. The molecule has 2 N–H and O–H groups in total. The summed E-state index contributed by atoms with van der Waals surface area (Å²) < 4.78 is 0. The molecule has 0 amide bonds. The maximum Gasteiger partial charge on any atom is 0.0394 e. The van der Waals surface area contributed by atoms with E-state index < -0.39 is 0 Å². The van der Waals surface area contributed by atoms with Gasteiger partial charge in [-0.1, -0.05) is 78.9 Å². The first-order valence-electron chi connectivity index (χ1n) is 8.51. The molecule has 5 rings (SSSR count). The second-order valence-electron chi connectivity index (χ2n) is 6.44. The second-order valence-corrected chi connectivity index (χ2v) is 6.44. The van der Waals surface area contributed by atoms with Crippen molar-refractivity contribution >= 4 is 38.0 Å². The highest BCUT2D eigenvalue weighted by molar-refractivity contribution is 6.17. The van der Waals surface area contributed by atoms with E-state index in [9.17, 15) is 0 Å². The average Bonchev–Trinajstić information content (AvgIpc) is 2.67. The second kappa shape index (κ2) is 5.35. The van der Waals surface area contributed by atoms with Crippen LogP contribution in [-0.4, -0.2) is 0 Å². The van der Waals surface area contributed by atoms with E-state index in [1.165, 1.54) is 38.1 Å². The van der Waals surface area contributed by atoms with Crippen LogP contribution in [0.15, 0.2) is 91.0 Å². The van der Waals surface area contributed by atoms with Crippen molar-refractivity contribution in [3.63, 3.8) is 0 Å². The van der Waals surface area contributed by atoms with E-state index in [-0.39, 0.29) is 0 Å². The van der Waals surface area contributed by atoms with E-state index in [1.54, 1.807) is 0 Å². The van der Waals surface area contributed by atoms with Gasteiger partial charge in [-0.25, -0.2) is 0 Å². The van der Waals surface area contributed by atoms with Crippen LogP contribution < -0.4 is 5.73 Å². The van der Waals surface area contributed by atoms with Crippen LogP contribution in [0.5, 0.6) is 0 Å². The Morgan fingerprint density at radius 3 is 1.64 bits per heavy atom. The third-order valence-corrected chi connectivity index (χ3v) is 5.00. The largest absolute Gasteiger partial charge is 0.398 e. The van der Waals surface area contributed by atoms with Crippen molar-refractivity contribution in [2.75, 3.05) is 5.73 Å². The van der Waals surface area contributed by atoms with E-state index in [4.69, 9.17) is 5.73 Å². The molecule has 0 aliphatic carbocycles. The van der Waals surface area contributed by atoms with Gasteiger partial charge in [0, 0.05) is 11.1 Å². The standard InChI is InChI=1S/C24H17N/c25-23-14-13-22(20-11-5-6-12-21(20)23)24-18-9-3-1-7-16(18)15-17-8-2-4-10-19(17)24/h1-15H,25H2. The molecule has 0 fully saturated rings. The molecule has 0 aromatic heterocycles. The van der Waals surface area contributed by atoms with Gasteiger partial charge in [0.2, 0.25) is 0 Å². The quantitative estimate of drug-likeness (QED) is 0.281. The minimum Gasteiger partial charge on any atom is -0.398 e. The molecule has 5 aromatic carbocycles. The van der Waals surface area contributed by atoms with Gasteiger partial charge in [0.25, 0.3) is 0 Å². The van der Waals surface area contributed by atoms with Crippen molar-refractivity contribution in [3.8, 4) is 11.1 Å². The Labute approximate surface area is 146 Å². The molecule has 0 atom stereocenters. The van der Waals surface area contributed by atoms with Gasteiger partial charge in [0.15, 0.2) is 0 Å². The van der Waals surface area contributed by atoms with Crippen LogP contribution in [0.2, 0.25) is 0 Å². The fourth-order valence-electron chi connectivity index (χ4n) is 3.84. The van der Waals surface area contributed by atoms with E-state index in [2.05, 4.69) is 78.9 Å². The number of rotatable bonds is 1. The molecule has 25 heavy (non-hydrogen) atoms. The molecular weight excluding hydrogens is 302 g/mol. The maximum absolute atomic E-state index is 6.23. The summed E-state index contributed by atoms with van der Waals surface area (Å²) in [6.07, 6.45) is 0. The summed E-state index contributed by atoms with van der Waals surface area (Å²) in [5.74, 6) is 0. The third kappa shape index (κ3) is 2.10. The van der Waals surface area contributed by atoms with Crippen LogP contribution >= 0.6 is 0 Å². The Morgan fingerprint density at radius 2 is 1.00 bits per heavy atom. The van der Waals surface area contributed by atoms with Crippen LogP contribution in [-0.2, 0) is 0 Å². The lowest BCUT2D eigenvalue weighted by Gasteiger charge is -2.15. The summed E-state index contributed by atoms with van der Waals surface area (Å²) in [4.78, 5) is 0. The molecule has 1 heteroatoms. The summed E-state index contributed by atoms with van der Waals surface area (Å²) in [7, 11) is 0. The molecule has 0 saturated carbocycles. The van der Waals surface area contributed by atoms with Crippen molar-refractivity contribution in [3.05, 3.63) is 91.0 Å². The Morgan fingerprint density at radius 1 is 0.480 bits per heavy atom. The van der Waals surface area contributed by atoms with Crippen LogP contribution in [0.1, 0.15) is 0 Å². The molecule has 0 aliphatic rings. The average molecular weight is 319 g/mol. The van der Waals surface area contributed by atoms with Crippen LogP contribution in [0, 0.1) is 0 Å². The van der Waals surface area contributed by atoms with Crippen molar-refractivity contribution in [1.82, 2.24) is 0 Å². The monoisotopic (exact) mass is 319 g/mol. The molecule has 0 unspecified atom stereocenters. The Balaban J connectivity index is 2.03. The van der Waals surface area contributed by atoms with Gasteiger partial charge in [-0.3, -0.25) is 0 Å². The molecule has 0 aliphatic heterocycles. The SMILES string of the molecule is Nc1ccc(-c2c3ccccc3cc3ccccc23)c2ccccc12. The fourth-order valence-corrected chi connectivity index (χ4v) is 3.84. The van der Waals surface area contributed by atoms with Crippen molar-refractivity contribution < 1.29 is 0 Å². The Bertz CT molecular complexity index is 1200. The zero-order valence-electron chi connectivity index (χ0n) is 13.7. The first-order valence-corrected chi connectivity index (χ1v) is 8.51. The van der Waals surface area contributed by atoms with Gasteiger partial charge in [0.1, 0.15) is 0 Å². The number of hydrogen-bond donors (Lipinski definition) is 1. The topological polar surface area (TPSA) is 26.0 Å². The van der Waals surface area contributed by atoms with E-state index in [1.807, 2.05) is 12.1 Å². The normalized spacial score (nSPS) is 11.4. The minimum atomic E-state index is 0.823. The zero-order valence-corrected chi connectivity index (χ0v) is 13.7. The number of benzene rings is 5. The maximum atomic E-state index is 6.23. The molecule has 0 heterocycles. The number of fused-ring (bicyclic) bond motifs is 3. The summed E-state index contributed by atoms with van der Waals surface area (Å²) in [5.41, 5.74) is 9.57. The van der Waals surface area contributed by atoms with E-state index in [0.717, 1.165) is 11.1 Å². The minimum absolute atomic E-state index is 0.823. The number of nitrogen functional groups attached to an aromatic ring is 1. The smallest absolute Gasteiger partial charge is 0.0394 e. The Hall–Kier alpha value is -3.32. The highest BCUT2D eigenvalue weighted by atomic mass is 14.5. The number of nitrogens with two attached hydrogens (primary N) is 1. The van der Waals surface area contributed by atoms with Crippen LogP contribution in [0.4, 0.5) is 5.69 Å². The fraction of sp³-hybridized carbons (Fsp3) is 0. The molecular formula is C24H17N. The molecule has 0 saturated heterocycles. The van der Waals surface area contributed by atoms with Gasteiger partial charge in [-0.05, 0) is 50.2 Å². The molecule has 0 radical (unpaired) electrons. The summed E-state index contributed by atoms with van der Waals surface area (Å²) in [6, 6.07) is 32.1. The number of anilines is 1. The lowest BCUT2D eigenvalue weighted by molar-refractivity contribution is 1.69. The van der Waals surface area contributed by atoms with E-state index in [0.29, 0.717) is 0 Å². The Kier molecular flexibility index (Phi) is 3.01. The lowest BCUT2D eigenvalue weighted by atomic mass is 9.89. The zero-order chi connectivity index (χ0) is 16.8. The summed E-state index contributed by atoms with van der Waals surface area (Å²) >= 11 is 0. The molecule has 118 valence electrons. The highest BCUT2D eigenvalue weighted by Crippen LogP contribution is 2.40. The molecule has 1 nitrogen and oxygen atoms in total. The third-order valence-electron chi connectivity index (χ3n) is 5.00. The molecule has 0 bridgehead atoms. The van der Waals surface area contributed by atoms with Gasteiger partial charge >= 0.3 is 0 Å². The first-order chi connectivity index (χ1) is 12.3. The van der Waals surface area contributed by atoms with Crippen molar-refractivity contribution in [2.45, 2.75) is 0 Å². The predicted molar refractivity (Wildman–Crippen MR) is 109 cm³/mol. The molecule has 0 spiro atoms. The van der Waals surface area contributed by atoms with Crippen molar-refractivity contribution in [2.24, 2.45) is 0 Å². The summed E-state index contributed by atoms with van der Waals surface area (Å²) in [6.45, 7) is 0. The van der Waals surface area contributed by atoms with Crippen LogP contribution in [0.25, 0.3) is 43.4 Å². The first kappa shape index (κ1) is 14.1. The number of hydrogen-bond acceptors (Lipinski definition) is 1. The van der Waals surface area contributed by atoms with Crippen molar-refractivity contribution in [1.29, 1.82) is 0 Å². The summed E-state index contributed by atoms with van der Waals surface area (Å²) in [5, 5.41) is 7.38. The lowest BCUT2D eigenvalue weighted by Crippen LogP contribution is -1.91. The van der Waals surface area contributed by atoms with Gasteiger partial charge < -0.3 is 5.73 Å². The van der Waals surface area contributed by atoms with Gasteiger partial charge in [-0.2, -0.15) is 0 Å².